The minimum Gasteiger partial charge on any atom is -0.328 e. The quantitative estimate of drug-likeness (QED) is 0.770. The molecule has 3 nitrogen and oxygen atoms in total. The van der Waals surface area contributed by atoms with E-state index in [0.29, 0.717) is 0 Å². The lowest BCUT2D eigenvalue weighted by Gasteiger charge is -2.22. The summed E-state index contributed by atoms with van der Waals surface area (Å²) >= 11 is 2.24. The van der Waals surface area contributed by atoms with Gasteiger partial charge in [0.05, 0.1) is 11.2 Å². The van der Waals surface area contributed by atoms with E-state index in [9.17, 15) is 0 Å². The van der Waals surface area contributed by atoms with E-state index in [0.717, 1.165) is 28.5 Å². The summed E-state index contributed by atoms with van der Waals surface area (Å²) in [5.41, 5.74) is 12.8. The molecule has 0 aliphatic heterocycles. The van der Waals surface area contributed by atoms with Crippen molar-refractivity contribution in [2.24, 2.45) is 11.5 Å². The van der Waals surface area contributed by atoms with Gasteiger partial charge in [0.1, 0.15) is 0 Å². The summed E-state index contributed by atoms with van der Waals surface area (Å²) in [6.07, 6.45) is 4.65. The Morgan fingerprint density at radius 2 is 2.29 bits per heavy atom. The second-order valence-corrected chi connectivity index (χ2v) is 5.27. The molecule has 2 unspecified atom stereocenters. The van der Waals surface area contributed by atoms with Gasteiger partial charge in [-0.1, -0.05) is 0 Å². The predicted molar refractivity (Wildman–Crippen MR) is 64.6 cm³/mol. The molecule has 1 aromatic heterocycles. The first-order valence-electron chi connectivity index (χ1n) is 4.77. The van der Waals surface area contributed by atoms with E-state index in [1.165, 1.54) is 0 Å². The molecule has 0 aromatic carbocycles. The van der Waals surface area contributed by atoms with Crippen LogP contribution in [0.25, 0.3) is 0 Å². The third-order valence-electron chi connectivity index (χ3n) is 2.83. The van der Waals surface area contributed by atoms with Crippen LogP contribution in [0.2, 0.25) is 0 Å². The number of halogens is 1. The molecule has 1 aliphatic rings. The van der Waals surface area contributed by atoms with Crippen molar-refractivity contribution in [1.29, 1.82) is 0 Å². The van der Waals surface area contributed by atoms with Gasteiger partial charge in [0.2, 0.25) is 0 Å². The van der Waals surface area contributed by atoms with Crippen LogP contribution in [0.5, 0.6) is 0 Å². The van der Waals surface area contributed by atoms with Gasteiger partial charge < -0.3 is 11.5 Å². The molecule has 0 spiro atoms. The molecule has 1 fully saturated rings. The van der Waals surface area contributed by atoms with E-state index in [4.69, 9.17) is 11.5 Å². The summed E-state index contributed by atoms with van der Waals surface area (Å²) in [6, 6.07) is 4.29. The van der Waals surface area contributed by atoms with Crippen molar-refractivity contribution < 1.29 is 0 Å². The van der Waals surface area contributed by atoms with Gasteiger partial charge in [-0.2, -0.15) is 0 Å². The maximum absolute atomic E-state index is 6.28. The fourth-order valence-corrected chi connectivity index (χ4v) is 2.34. The predicted octanol–water partition coefficient (Wildman–Crippen LogP) is 1.35. The van der Waals surface area contributed by atoms with Gasteiger partial charge in [0, 0.05) is 15.8 Å². The smallest absolute Gasteiger partial charge is 0.0603 e. The zero-order valence-electron chi connectivity index (χ0n) is 7.91. The molecule has 0 amide bonds. The summed E-state index contributed by atoms with van der Waals surface area (Å²) in [4.78, 5) is 4.38. The Bertz CT molecular complexity index is 325. The van der Waals surface area contributed by atoms with Gasteiger partial charge in [0.25, 0.3) is 0 Å². The first-order chi connectivity index (χ1) is 6.60. The monoisotopic (exact) mass is 303 g/mol. The number of nitrogens with two attached hydrogens (primary N) is 2. The zero-order valence-corrected chi connectivity index (χ0v) is 10.1. The Morgan fingerprint density at radius 3 is 2.79 bits per heavy atom. The fraction of sp³-hybridized carbons (Fsp3) is 0.500. The molecule has 1 aliphatic carbocycles. The highest BCUT2D eigenvalue weighted by molar-refractivity contribution is 14.1. The molecule has 4 heteroatoms. The van der Waals surface area contributed by atoms with E-state index >= 15 is 0 Å². The SMILES string of the molecule is NC1CCC(N)(c2ccc(I)cn2)C1. The van der Waals surface area contributed by atoms with Gasteiger partial charge in [-0.25, -0.2) is 0 Å². The molecule has 0 saturated heterocycles. The fourth-order valence-electron chi connectivity index (χ4n) is 2.02. The molecule has 1 saturated carbocycles. The van der Waals surface area contributed by atoms with Crippen molar-refractivity contribution in [3.05, 3.63) is 27.6 Å². The second-order valence-electron chi connectivity index (χ2n) is 4.02. The lowest BCUT2D eigenvalue weighted by Crippen LogP contribution is -2.36. The minimum atomic E-state index is -0.288. The molecular formula is C10H14IN3. The number of nitrogens with zero attached hydrogens (tertiary/aromatic N) is 1. The van der Waals surface area contributed by atoms with Gasteiger partial charge in [-0.15, -0.1) is 0 Å². The van der Waals surface area contributed by atoms with Crippen LogP contribution in [0.3, 0.4) is 0 Å². The molecule has 0 radical (unpaired) electrons. The maximum Gasteiger partial charge on any atom is 0.0603 e. The third-order valence-corrected chi connectivity index (χ3v) is 3.46. The molecule has 4 N–H and O–H groups in total. The topological polar surface area (TPSA) is 64.9 Å². The van der Waals surface area contributed by atoms with Gasteiger partial charge in [0.15, 0.2) is 0 Å². The average molecular weight is 303 g/mol. The molecule has 1 aromatic rings. The number of aromatic nitrogens is 1. The zero-order chi connectivity index (χ0) is 10.2. The van der Waals surface area contributed by atoms with Crippen LogP contribution in [0.4, 0.5) is 0 Å². The van der Waals surface area contributed by atoms with Gasteiger partial charge >= 0.3 is 0 Å². The second kappa shape index (κ2) is 3.75. The summed E-state index contributed by atoms with van der Waals surface area (Å²) in [5.74, 6) is 0. The highest BCUT2D eigenvalue weighted by Crippen LogP contribution is 2.34. The summed E-state index contributed by atoms with van der Waals surface area (Å²) < 4.78 is 1.14. The highest BCUT2D eigenvalue weighted by Gasteiger charge is 2.36. The Morgan fingerprint density at radius 1 is 1.50 bits per heavy atom. The van der Waals surface area contributed by atoms with Crippen LogP contribution in [0.15, 0.2) is 18.3 Å². The minimum absolute atomic E-state index is 0.237. The van der Waals surface area contributed by atoms with Gasteiger partial charge in [-0.3, -0.25) is 4.98 Å². The summed E-state index contributed by atoms with van der Waals surface area (Å²) in [7, 11) is 0. The van der Waals surface area contributed by atoms with Crippen molar-refractivity contribution in [3.63, 3.8) is 0 Å². The molecule has 0 bridgehead atoms. The lowest BCUT2D eigenvalue weighted by atomic mass is 9.94. The number of rotatable bonds is 1. The molecule has 76 valence electrons. The van der Waals surface area contributed by atoms with Crippen LogP contribution in [-0.4, -0.2) is 11.0 Å². The van der Waals surface area contributed by atoms with E-state index in [1.54, 1.807) is 0 Å². The highest BCUT2D eigenvalue weighted by atomic mass is 127. The van der Waals surface area contributed by atoms with Crippen molar-refractivity contribution >= 4 is 22.6 Å². The van der Waals surface area contributed by atoms with Crippen molar-refractivity contribution in [3.8, 4) is 0 Å². The molecule has 1 heterocycles. The number of hydrogen-bond acceptors (Lipinski definition) is 3. The Kier molecular flexibility index (Phi) is 2.77. The lowest BCUT2D eigenvalue weighted by molar-refractivity contribution is 0.440. The Balaban J connectivity index is 2.26. The van der Waals surface area contributed by atoms with Crippen LogP contribution in [0.1, 0.15) is 25.0 Å². The van der Waals surface area contributed by atoms with E-state index in [-0.39, 0.29) is 11.6 Å². The largest absolute Gasteiger partial charge is 0.328 e. The summed E-state index contributed by atoms with van der Waals surface area (Å²) in [6.45, 7) is 0. The van der Waals surface area contributed by atoms with Crippen LogP contribution >= 0.6 is 22.6 Å². The van der Waals surface area contributed by atoms with Crippen molar-refractivity contribution in [2.75, 3.05) is 0 Å². The molecular weight excluding hydrogens is 289 g/mol. The van der Waals surface area contributed by atoms with E-state index < -0.39 is 0 Å². The molecule has 14 heavy (non-hydrogen) atoms. The Labute approximate surface area is 97.4 Å². The van der Waals surface area contributed by atoms with E-state index in [1.807, 2.05) is 18.3 Å². The van der Waals surface area contributed by atoms with Crippen molar-refractivity contribution in [1.82, 2.24) is 4.98 Å². The molecule has 2 atom stereocenters. The Hall–Kier alpha value is -0.200. The number of hydrogen-bond donors (Lipinski definition) is 2. The third kappa shape index (κ3) is 1.92. The van der Waals surface area contributed by atoms with E-state index in [2.05, 4.69) is 27.6 Å². The normalized spacial score (nSPS) is 32.1. The summed E-state index contributed by atoms with van der Waals surface area (Å²) in [5, 5.41) is 0. The number of pyridine rings is 1. The first-order valence-corrected chi connectivity index (χ1v) is 5.84. The van der Waals surface area contributed by atoms with Crippen LogP contribution < -0.4 is 11.5 Å². The first kappa shape index (κ1) is 10.3. The maximum atomic E-state index is 6.28. The molecule has 2 rings (SSSR count). The van der Waals surface area contributed by atoms with Crippen LogP contribution in [-0.2, 0) is 5.54 Å². The van der Waals surface area contributed by atoms with Crippen molar-refractivity contribution in [2.45, 2.75) is 30.8 Å². The standard InChI is InChI=1S/C10H14IN3/c11-7-1-2-9(14-6-7)10(13)4-3-8(12)5-10/h1-2,6,8H,3-5,12-13H2. The average Bonchev–Trinajstić information content (AvgIpc) is 2.48. The van der Waals surface area contributed by atoms with Gasteiger partial charge in [-0.05, 0) is 54.0 Å². The van der Waals surface area contributed by atoms with Crippen LogP contribution in [0, 0.1) is 3.57 Å².